The van der Waals surface area contributed by atoms with Crippen molar-refractivity contribution in [3.63, 3.8) is 0 Å². The smallest absolute Gasteiger partial charge is 0.337 e. The van der Waals surface area contributed by atoms with Crippen LogP contribution in [0.4, 0.5) is 11.5 Å². The zero-order valence-electron chi connectivity index (χ0n) is 17.2. The summed E-state index contributed by atoms with van der Waals surface area (Å²) in [6, 6.07) is 15.9. The molecule has 2 N–H and O–H groups in total. The maximum Gasteiger partial charge on any atom is 0.337 e. The van der Waals surface area contributed by atoms with Crippen LogP contribution in [0.2, 0.25) is 0 Å². The van der Waals surface area contributed by atoms with Gasteiger partial charge in [0.2, 0.25) is 12.7 Å². The van der Waals surface area contributed by atoms with Gasteiger partial charge in [-0.25, -0.2) is 4.79 Å². The molecule has 0 bridgehead atoms. The number of hydrogen-bond acceptors (Lipinski definition) is 9. The van der Waals surface area contributed by atoms with Gasteiger partial charge in [-0.1, -0.05) is 17.8 Å². The summed E-state index contributed by atoms with van der Waals surface area (Å²) >= 11 is 1.28. The first-order valence-corrected chi connectivity index (χ1v) is 10.7. The monoisotopic (exact) mass is 452 g/mol. The number of rotatable bonds is 8. The molecule has 0 saturated carbocycles. The maximum absolute atomic E-state index is 12.2. The number of aromatic nitrogens is 2. The molecule has 1 aliphatic heterocycles. The molecule has 0 fully saturated rings. The van der Waals surface area contributed by atoms with Gasteiger partial charge in [0.25, 0.3) is 0 Å². The molecule has 9 nitrogen and oxygen atoms in total. The van der Waals surface area contributed by atoms with Crippen molar-refractivity contribution in [3.05, 3.63) is 65.7 Å². The van der Waals surface area contributed by atoms with Crippen molar-refractivity contribution in [2.75, 3.05) is 30.3 Å². The van der Waals surface area contributed by atoms with Gasteiger partial charge in [-0.3, -0.25) is 4.79 Å². The molecule has 1 amide bonds. The summed E-state index contributed by atoms with van der Waals surface area (Å²) in [4.78, 5) is 23.6. The molecule has 0 unspecified atom stereocenters. The van der Waals surface area contributed by atoms with E-state index in [0.29, 0.717) is 28.6 Å². The second kappa shape index (κ2) is 10.0. The first-order chi connectivity index (χ1) is 15.6. The number of nitrogens with one attached hydrogen (secondary N) is 2. The van der Waals surface area contributed by atoms with Crippen molar-refractivity contribution in [2.45, 2.75) is 11.6 Å². The normalized spacial score (nSPS) is 11.7. The lowest BCUT2D eigenvalue weighted by Crippen LogP contribution is -2.14. The van der Waals surface area contributed by atoms with Crippen LogP contribution < -0.4 is 20.1 Å². The fraction of sp³-hybridized carbons (Fsp3) is 0.182. The van der Waals surface area contributed by atoms with Gasteiger partial charge in [-0.15, -0.1) is 10.2 Å². The molecule has 164 valence electrons. The van der Waals surface area contributed by atoms with Crippen molar-refractivity contribution in [2.24, 2.45) is 0 Å². The lowest BCUT2D eigenvalue weighted by atomic mass is 10.2. The van der Waals surface area contributed by atoms with Crippen LogP contribution in [0.15, 0.2) is 59.6 Å². The van der Waals surface area contributed by atoms with Crippen LogP contribution in [0.25, 0.3) is 0 Å². The van der Waals surface area contributed by atoms with Gasteiger partial charge in [-0.05, 0) is 54.1 Å². The Kier molecular flexibility index (Phi) is 6.71. The number of hydrogen-bond donors (Lipinski definition) is 2. The number of carbonyl (C=O) groups excluding carboxylic acids is 2. The molecule has 0 spiro atoms. The molecule has 1 aliphatic rings. The lowest BCUT2D eigenvalue weighted by Gasteiger charge is -2.07. The van der Waals surface area contributed by atoms with Gasteiger partial charge in [-0.2, -0.15) is 0 Å². The van der Waals surface area contributed by atoms with Gasteiger partial charge in [0.05, 0.1) is 18.4 Å². The molecule has 32 heavy (non-hydrogen) atoms. The molecule has 0 saturated heterocycles. The number of anilines is 2. The number of thioether (sulfide) groups is 1. The Bertz CT molecular complexity index is 1110. The van der Waals surface area contributed by atoms with E-state index in [1.54, 1.807) is 30.3 Å². The predicted octanol–water partition coefficient (Wildman–Crippen LogP) is 3.33. The molecule has 2 heterocycles. The number of benzene rings is 2. The second-order valence-electron chi connectivity index (χ2n) is 6.70. The van der Waals surface area contributed by atoms with Crippen LogP contribution in [0, 0.1) is 0 Å². The SMILES string of the molecule is COC(=O)c1ccc(NC(=O)CSc2ccc(NCc3ccc4c(c3)OCO4)nn2)cc1. The first kappa shape index (κ1) is 21.4. The molecule has 0 aliphatic carbocycles. The summed E-state index contributed by atoms with van der Waals surface area (Å²) in [6.45, 7) is 0.811. The van der Waals surface area contributed by atoms with Gasteiger partial charge in [0.1, 0.15) is 10.8 Å². The van der Waals surface area contributed by atoms with E-state index in [0.717, 1.165) is 17.1 Å². The van der Waals surface area contributed by atoms with Crippen molar-refractivity contribution < 1.29 is 23.8 Å². The third-order valence-corrected chi connectivity index (χ3v) is 5.41. The van der Waals surface area contributed by atoms with Crippen LogP contribution >= 0.6 is 11.8 Å². The van der Waals surface area contributed by atoms with E-state index >= 15 is 0 Å². The number of nitrogens with zero attached hydrogens (tertiary/aromatic N) is 2. The highest BCUT2D eigenvalue weighted by molar-refractivity contribution is 7.99. The third-order valence-electron chi connectivity index (χ3n) is 4.49. The summed E-state index contributed by atoms with van der Waals surface area (Å²) in [6.07, 6.45) is 0. The number of methoxy groups -OCH3 is 1. The Hall–Kier alpha value is -3.79. The van der Waals surface area contributed by atoms with Crippen molar-refractivity contribution >= 4 is 35.1 Å². The van der Waals surface area contributed by atoms with E-state index < -0.39 is 5.97 Å². The van der Waals surface area contributed by atoms with Crippen LogP contribution in [-0.2, 0) is 16.1 Å². The minimum Gasteiger partial charge on any atom is -0.465 e. The highest BCUT2D eigenvalue weighted by Crippen LogP contribution is 2.32. The minimum absolute atomic E-state index is 0.178. The summed E-state index contributed by atoms with van der Waals surface area (Å²) in [5.74, 6) is 1.68. The highest BCUT2D eigenvalue weighted by Gasteiger charge is 2.13. The van der Waals surface area contributed by atoms with E-state index in [4.69, 9.17) is 9.47 Å². The molecular formula is C22H20N4O5S. The van der Waals surface area contributed by atoms with Crippen LogP contribution in [0.1, 0.15) is 15.9 Å². The molecule has 0 atom stereocenters. The van der Waals surface area contributed by atoms with Gasteiger partial charge >= 0.3 is 5.97 Å². The Morgan fingerprint density at radius 3 is 2.59 bits per heavy atom. The molecule has 0 radical (unpaired) electrons. The zero-order valence-corrected chi connectivity index (χ0v) is 18.0. The Morgan fingerprint density at radius 1 is 1.03 bits per heavy atom. The minimum atomic E-state index is -0.425. The fourth-order valence-electron chi connectivity index (χ4n) is 2.88. The maximum atomic E-state index is 12.2. The quantitative estimate of drug-likeness (QED) is 0.393. The van der Waals surface area contributed by atoms with Crippen molar-refractivity contribution in [1.82, 2.24) is 10.2 Å². The lowest BCUT2D eigenvalue weighted by molar-refractivity contribution is -0.113. The molecule has 3 aromatic rings. The average molecular weight is 452 g/mol. The third kappa shape index (κ3) is 5.46. The van der Waals surface area contributed by atoms with E-state index in [1.165, 1.54) is 18.9 Å². The van der Waals surface area contributed by atoms with Gasteiger partial charge in [0, 0.05) is 12.2 Å². The summed E-state index contributed by atoms with van der Waals surface area (Å²) in [7, 11) is 1.32. The van der Waals surface area contributed by atoms with E-state index in [2.05, 4.69) is 25.6 Å². The predicted molar refractivity (Wildman–Crippen MR) is 119 cm³/mol. The summed E-state index contributed by atoms with van der Waals surface area (Å²) in [5.41, 5.74) is 2.05. The highest BCUT2D eigenvalue weighted by atomic mass is 32.2. The van der Waals surface area contributed by atoms with Crippen molar-refractivity contribution in [3.8, 4) is 11.5 Å². The largest absolute Gasteiger partial charge is 0.465 e. The standard InChI is InChI=1S/C22H20N4O5S/c1-29-22(28)15-3-5-16(6-4-15)24-20(27)12-32-21-9-8-19(25-26-21)23-11-14-2-7-17-18(10-14)31-13-30-17/h2-10H,11-13H2,1H3,(H,23,25)(H,24,27). The topological polar surface area (TPSA) is 112 Å². The summed E-state index contributed by atoms with van der Waals surface area (Å²) in [5, 5.41) is 14.9. The van der Waals surface area contributed by atoms with E-state index in [-0.39, 0.29) is 18.5 Å². The molecular weight excluding hydrogens is 432 g/mol. The number of esters is 1. The Balaban J connectivity index is 1.23. The number of ether oxygens (including phenoxy) is 3. The molecule has 4 rings (SSSR count). The molecule has 10 heteroatoms. The fourth-order valence-corrected chi connectivity index (χ4v) is 3.49. The summed E-state index contributed by atoms with van der Waals surface area (Å²) < 4.78 is 15.3. The first-order valence-electron chi connectivity index (χ1n) is 9.68. The Labute approximate surface area is 188 Å². The Morgan fingerprint density at radius 2 is 1.84 bits per heavy atom. The zero-order chi connectivity index (χ0) is 22.3. The van der Waals surface area contributed by atoms with Gasteiger partial charge in [0.15, 0.2) is 11.5 Å². The van der Waals surface area contributed by atoms with E-state index in [1.807, 2.05) is 24.3 Å². The van der Waals surface area contributed by atoms with Crippen LogP contribution in [-0.4, -0.2) is 41.7 Å². The van der Waals surface area contributed by atoms with E-state index in [9.17, 15) is 9.59 Å². The van der Waals surface area contributed by atoms with Crippen molar-refractivity contribution in [1.29, 1.82) is 0 Å². The molecule has 1 aromatic heterocycles. The second-order valence-corrected chi connectivity index (χ2v) is 7.70. The average Bonchev–Trinajstić information content (AvgIpc) is 3.30. The number of carbonyl (C=O) groups is 2. The number of amides is 1. The van der Waals surface area contributed by atoms with Crippen LogP contribution in [0.5, 0.6) is 11.5 Å². The number of fused-ring (bicyclic) bond motifs is 1. The van der Waals surface area contributed by atoms with Crippen LogP contribution in [0.3, 0.4) is 0 Å². The molecule has 2 aromatic carbocycles. The van der Waals surface area contributed by atoms with Gasteiger partial charge < -0.3 is 24.8 Å².